The van der Waals surface area contributed by atoms with Gasteiger partial charge in [0.1, 0.15) is 0 Å². The van der Waals surface area contributed by atoms with Crippen LogP contribution < -0.4 is 5.32 Å². The average molecular weight is 359 g/mol. The summed E-state index contributed by atoms with van der Waals surface area (Å²) in [4.78, 5) is 11.8. The maximum Gasteiger partial charge on any atom is 0.256 e. The van der Waals surface area contributed by atoms with Gasteiger partial charge >= 0.3 is 0 Å². The fourth-order valence-corrected chi connectivity index (χ4v) is 2.31. The predicted molar refractivity (Wildman–Crippen MR) is 67.2 cm³/mol. The number of nitrogens with one attached hydrogen (secondary N) is 1. The molecule has 1 rings (SSSR count). The minimum absolute atomic E-state index is 0.110. The van der Waals surface area contributed by atoms with Crippen molar-refractivity contribution in [3.8, 4) is 0 Å². The minimum Gasteiger partial charge on any atom is -0.452 e. The van der Waals surface area contributed by atoms with E-state index < -0.39 is 0 Å². The van der Waals surface area contributed by atoms with Crippen LogP contribution in [0.15, 0.2) is 16.7 Å². The largest absolute Gasteiger partial charge is 0.452 e. The summed E-state index contributed by atoms with van der Waals surface area (Å²) in [6, 6.07) is 1.54. The third-order valence-corrected chi connectivity index (χ3v) is 4.64. The van der Waals surface area contributed by atoms with Crippen molar-refractivity contribution in [3.05, 3.63) is 23.1 Å². The van der Waals surface area contributed by atoms with Gasteiger partial charge in [-0.25, -0.2) is 0 Å². The molecule has 6 heteroatoms. The average Bonchev–Trinajstić information content (AvgIpc) is 2.64. The van der Waals surface area contributed by atoms with E-state index in [2.05, 4.69) is 37.2 Å². The molecule has 0 fully saturated rings. The van der Waals surface area contributed by atoms with Crippen LogP contribution in [0.2, 0.25) is 5.22 Å². The van der Waals surface area contributed by atoms with Gasteiger partial charge in [0, 0.05) is 10.7 Å². The number of carbonyl (C=O) groups is 1. The van der Waals surface area contributed by atoms with E-state index in [9.17, 15) is 4.79 Å². The Hall–Kier alpha value is -0.0000000000000000555. The molecule has 0 spiro atoms. The molecular weight excluding hydrogens is 349 g/mol. The number of rotatable bonds is 4. The van der Waals surface area contributed by atoms with Crippen LogP contribution in [0.3, 0.4) is 0 Å². The van der Waals surface area contributed by atoms with Crippen LogP contribution in [-0.2, 0) is 0 Å². The molecule has 0 aliphatic carbocycles. The number of carbonyl (C=O) groups excluding carboxylic acids is 1. The van der Waals surface area contributed by atoms with Crippen molar-refractivity contribution in [2.24, 2.45) is 0 Å². The van der Waals surface area contributed by atoms with E-state index in [4.69, 9.17) is 16.0 Å². The summed E-state index contributed by atoms with van der Waals surface area (Å²) in [5.41, 5.74) is 0.00214. The van der Waals surface area contributed by atoms with Crippen LogP contribution in [0, 0.1) is 0 Å². The Balaban J connectivity index is 2.76. The van der Waals surface area contributed by atoms with Crippen LogP contribution in [-0.4, -0.2) is 22.1 Å². The maximum atomic E-state index is 11.8. The standard InChI is InChI=1S/C9H10Br2ClNO2/c1-9(4-10,5-11)13-8(14)6-2-3-15-7(6)12/h2-3H,4-5H2,1H3,(H,13,14). The number of hydrogen-bond donors (Lipinski definition) is 1. The van der Waals surface area contributed by atoms with E-state index in [1.807, 2.05) is 6.92 Å². The lowest BCUT2D eigenvalue weighted by Crippen LogP contribution is -2.48. The lowest BCUT2D eigenvalue weighted by atomic mass is 10.1. The second-order valence-corrected chi connectivity index (χ2v) is 4.85. The predicted octanol–water partition coefficient (Wildman–Crippen LogP) is 3.21. The molecule has 0 saturated carbocycles. The Morgan fingerprint density at radius 3 is 2.60 bits per heavy atom. The second kappa shape index (κ2) is 5.37. The van der Waals surface area contributed by atoms with E-state index in [1.165, 1.54) is 6.26 Å². The zero-order chi connectivity index (χ0) is 11.5. The summed E-state index contributed by atoms with van der Waals surface area (Å²) in [7, 11) is 0. The van der Waals surface area contributed by atoms with Crippen molar-refractivity contribution >= 4 is 49.4 Å². The number of furan rings is 1. The fraction of sp³-hybridized carbons (Fsp3) is 0.444. The maximum absolute atomic E-state index is 11.8. The third-order valence-electron chi connectivity index (χ3n) is 1.87. The summed E-state index contributed by atoms with van der Waals surface area (Å²) in [6.45, 7) is 1.92. The van der Waals surface area contributed by atoms with Crippen LogP contribution in [0.1, 0.15) is 17.3 Å². The molecular formula is C9H10Br2ClNO2. The first-order valence-corrected chi connectivity index (χ1v) is 6.82. The molecule has 0 saturated heterocycles. The van der Waals surface area contributed by atoms with Gasteiger partial charge in [-0.05, 0) is 24.6 Å². The molecule has 0 bridgehead atoms. The van der Waals surface area contributed by atoms with Crippen molar-refractivity contribution in [3.63, 3.8) is 0 Å². The highest BCUT2D eigenvalue weighted by atomic mass is 79.9. The number of alkyl halides is 2. The summed E-state index contributed by atoms with van der Waals surface area (Å²) in [5.74, 6) is -0.241. The highest BCUT2D eigenvalue weighted by molar-refractivity contribution is 9.09. The molecule has 1 N–H and O–H groups in total. The zero-order valence-electron chi connectivity index (χ0n) is 8.02. The Kier molecular flexibility index (Phi) is 4.67. The first-order valence-electron chi connectivity index (χ1n) is 4.20. The Bertz CT molecular complexity index is 350. The van der Waals surface area contributed by atoms with E-state index in [0.29, 0.717) is 16.2 Å². The van der Waals surface area contributed by atoms with Crippen molar-refractivity contribution in [1.29, 1.82) is 0 Å². The van der Waals surface area contributed by atoms with Crippen molar-refractivity contribution in [1.82, 2.24) is 5.32 Å². The highest BCUT2D eigenvalue weighted by Gasteiger charge is 2.25. The molecule has 1 aromatic heterocycles. The third kappa shape index (κ3) is 3.23. The highest BCUT2D eigenvalue weighted by Crippen LogP contribution is 2.18. The monoisotopic (exact) mass is 357 g/mol. The second-order valence-electron chi connectivity index (χ2n) is 3.39. The number of amides is 1. The molecule has 1 heterocycles. The molecule has 0 aliphatic rings. The van der Waals surface area contributed by atoms with Gasteiger partial charge in [0.25, 0.3) is 5.91 Å². The van der Waals surface area contributed by atoms with E-state index in [0.717, 1.165) is 0 Å². The van der Waals surface area contributed by atoms with Gasteiger partial charge in [0.2, 0.25) is 5.22 Å². The van der Waals surface area contributed by atoms with Gasteiger partial charge in [-0.15, -0.1) is 0 Å². The van der Waals surface area contributed by atoms with Gasteiger partial charge < -0.3 is 9.73 Å². The van der Waals surface area contributed by atoms with E-state index in [-0.39, 0.29) is 16.7 Å². The van der Waals surface area contributed by atoms with Crippen LogP contribution in [0.25, 0.3) is 0 Å². The zero-order valence-corrected chi connectivity index (χ0v) is 11.9. The molecule has 84 valence electrons. The normalized spacial score (nSPS) is 11.5. The molecule has 0 radical (unpaired) electrons. The molecule has 0 aromatic carbocycles. The first kappa shape index (κ1) is 13.1. The van der Waals surface area contributed by atoms with Gasteiger partial charge in [-0.1, -0.05) is 31.9 Å². The van der Waals surface area contributed by atoms with Crippen LogP contribution in [0.4, 0.5) is 0 Å². The molecule has 1 amide bonds. The van der Waals surface area contributed by atoms with Crippen molar-refractivity contribution < 1.29 is 9.21 Å². The SMILES string of the molecule is CC(CBr)(CBr)NC(=O)c1ccoc1Cl. The van der Waals surface area contributed by atoms with Gasteiger partial charge in [-0.2, -0.15) is 0 Å². The Morgan fingerprint density at radius 2 is 2.20 bits per heavy atom. The molecule has 15 heavy (non-hydrogen) atoms. The van der Waals surface area contributed by atoms with Crippen molar-refractivity contribution in [2.75, 3.05) is 10.7 Å². The van der Waals surface area contributed by atoms with Gasteiger partial charge in [0.05, 0.1) is 17.4 Å². The van der Waals surface area contributed by atoms with Crippen molar-refractivity contribution in [2.45, 2.75) is 12.5 Å². The minimum atomic E-state index is -0.350. The Morgan fingerprint density at radius 1 is 1.60 bits per heavy atom. The topological polar surface area (TPSA) is 42.2 Å². The Labute approximate surface area is 110 Å². The molecule has 3 nitrogen and oxygen atoms in total. The lowest BCUT2D eigenvalue weighted by Gasteiger charge is -2.26. The smallest absolute Gasteiger partial charge is 0.256 e. The molecule has 0 aliphatic heterocycles. The van der Waals surface area contributed by atoms with Gasteiger partial charge in [0.15, 0.2) is 0 Å². The summed E-state index contributed by atoms with van der Waals surface area (Å²) in [6.07, 6.45) is 1.39. The van der Waals surface area contributed by atoms with Crippen LogP contribution >= 0.6 is 43.5 Å². The lowest BCUT2D eigenvalue weighted by molar-refractivity contribution is 0.0922. The fourth-order valence-electron chi connectivity index (χ4n) is 0.900. The number of halogens is 3. The van der Waals surface area contributed by atoms with Gasteiger partial charge in [-0.3, -0.25) is 4.79 Å². The molecule has 0 atom stereocenters. The molecule has 0 unspecified atom stereocenters. The summed E-state index contributed by atoms with van der Waals surface area (Å²) in [5, 5.41) is 4.26. The van der Waals surface area contributed by atoms with Crippen LogP contribution in [0.5, 0.6) is 0 Å². The van der Waals surface area contributed by atoms with E-state index in [1.54, 1.807) is 6.07 Å². The van der Waals surface area contributed by atoms with E-state index >= 15 is 0 Å². The number of hydrogen-bond acceptors (Lipinski definition) is 2. The first-order chi connectivity index (χ1) is 7.02. The summed E-state index contributed by atoms with van der Waals surface area (Å²) < 4.78 is 4.85. The molecule has 1 aromatic rings. The quantitative estimate of drug-likeness (QED) is 0.839. The summed E-state index contributed by atoms with van der Waals surface area (Å²) >= 11 is 12.4.